The number of thioether (sulfide) groups is 1. The van der Waals surface area contributed by atoms with E-state index in [4.69, 9.17) is 27.9 Å². The number of imide groups is 1. The van der Waals surface area contributed by atoms with Crippen molar-refractivity contribution in [3.8, 4) is 5.75 Å². The average molecular weight is 318 g/mol. The van der Waals surface area contributed by atoms with Gasteiger partial charge in [-0.1, -0.05) is 23.2 Å². The molecule has 1 fully saturated rings. The van der Waals surface area contributed by atoms with Crippen LogP contribution in [0.1, 0.15) is 5.56 Å². The van der Waals surface area contributed by atoms with E-state index in [0.717, 1.165) is 16.7 Å². The molecule has 1 aromatic rings. The molecule has 1 aromatic carbocycles. The highest BCUT2D eigenvalue weighted by molar-refractivity contribution is 8.18. The minimum atomic E-state index is -0.335. The second kappa shape index (κ2) is 5.45. The summed E-state index contributed by atoms with van der Waals surface area (Å²) in [4.78, 5) is 24.5. The van der Waals surface area contributed by atoms with Gasteiger partial charge in [0.1, 0.15) is 0 Å². The predicted octanol–water partition coefficient (Wildman–Crippen LogP) is 3.67. The third-order valence-electron chi connectivity index (χ3n) is 2.51. The highest BCUT2D eigenvalue weighted by Gasteiger charge is 2.31. The highest BCUT2D eigenvalue weighted by atomic mass is 35.5. The Kier molecular flexibility index (Phi) is 4.08. The normalized spacial score (nSPS) is 17.5. The van der Waals surface area contributed by atoms with Crippen LogP contribution in [0.15, 0.2) is 17.0 Å². The Morgan fingerprint density at radius 1 is 1.26 bits per heavy atom. The van der Waals surface area contributed by atoms with Crippen molar-refractivity contribution in [1.29, 1.82) is 0 Å². The quantitative estimate of drug-likeness (QED) is 0.781. The molecular weight excluding hydrogens is 309 g/mol. The molecular formula is C12H9Cl2NO3S. The summed E-state index contributed by atoms with van der Waals surface area (Å²) in [6, 6.07) is 3.24. The van der Waals surface area contributed by atoms with Crippen molar-refractivity contribution in [2.45, 2.75) is 0 Å². The van der Waals surface area contributed by atoms with Crippen molar-refractivity contribution in [3.63, 3.8) is 0 Å². The Hall–Kier alpha value is -1.17. The first-order chi connectivity index (χ1) is 8.93. The minimum absolute atomic E-state index is 0.304. The Morgan fingerprint density at radius 3 is 2.26 bits per heavy atom. The number of benzene rings is 1. The van der Waals surface area contributed by atoms with E-state index in [0.29, 0.717) is 26.3 Å². The van der Waals surface area contributed by atoms with Gasteiger partial charge in [-0.05, 0) is 35.5 Å². The third kappa shape index (κ3) is 2.73. The largest absolute Gasteiger partial charge is 0.494 e. The fraction of sp³-hybridized carbons (Fsp3) is 0.167. The monoisotopic (exact) mass is 317 g/mol. The lowest BCUT2D eigenvalue weighted by Gasteiger charge is -2.06. The van der Waals surface area contributed by atoms with Crippen molar-refractivity contribution >= 4 is 52.2 Å². The molecule has 0 bridgehead atoms. The Morgan fingerprint density at radius 2 is 1.84 bits per heavy atom. The summed E-state index contributed by atoms with van der Waals surface area (Å²) in [5.41, 5.74) is 0.634. The molecule has 4 nitrogen and oxygen atoms in total. The predicted molar refractivity (Wildman–Crippen MR) is 76.7 cm³/mol. The van der Waals surface area contributed by atoms with E-state index in [1.165, 1.54) is 14.2 Å². The second-order valence-electron chi connectivity index (χ2n) is 3.76. The number of nitrogens with zero attached hydrogens (tertiary/aromatic N) is 1. The number of hydrogen-bond donors (Lipinski definition) is 0. The van der Waals surface area contributed by atoms with Crippen LogP contribution in [-0.4, -0.2) is 30.2 Å². The topological polar surface area (TPSA) is 46.6 Å². The number of rotatable bonds is 2. The van der Waals surface area contributed by atoms with Gasteiger partial charge in [-0.15, -0.1) is 0 Å². The molecule has 0 radical (unpaired) electrons. The molecule has 1 heterocycles. The summed E-state index contributed by atoms with van der Waals surface area (Å²) in [6.07, 6.45) is 1.58. The molecule has 0 saturated carbocycles. The van der Waals surface area contributed by atoms with E-state index in [9.17, 15) is 9.59 Å². The molecule has 1 aliphatic rings. The third-order valence-corrected chi connectivity index (χ3v) is 4.03. The first-order valence-electron chi connectivity index (χ1n) is 5.18. The molecule has 0 spiro atoms. The van der Waals surface area contributed by atoms with Gasteiger partial charge in [-0.25, -0.2) is 0 Å². The van der Waals surface area contributed by atoms with Crippen LogP contribution >= 0.6 is 35.0 Å². The van der Waals surface area contributed by atoms with E-state index < -0.39 is 0 Å². The molecule has 0 aromatic heterocycles. The average Bonchev–Trinajstić information content (AvgIpc) is 2.57. The van der Waals surface area contributed by atoms with Gasteiger partial charge in [0.15, 0.2) is 5.75 Å². The van der Waals surface area contributed by atoms with Crippen molar-refractivity contribution < 1.29 is 14.3 Å². The van der Waals surface area contributed by atoms with Gasteiger partial charge in [0, 0.05) is 7.05 Å². The van der Waals surface area contributed by atoms with Gasteiger partial charge in [0.2, 0.25) is 0 Å². The molecule has 100 valence electrons. The van der Waals surface area contributed by atoms with Crippen LogP contribution < -0.4 is 4.74 Å². The zero-order valence-corrected chi connectivity index (χ0v) is 12.4. The number of likely N-dealkylation sites (N-methyl/N-ethyl adjacent to an activating group) is 1. The summed E-state index contributed by atoms with van der Waals surface area (Å²) in [7, 11) is 2.90. The lowest BCUT2D eigenvalue weighted by molar-refractivity contribution is -0.121. The number of methoxy groups -OCH3 is 1. The van der Waals surface area contributed by atoms with Crippen LogP contribution in [0.5, 0.6) is 5.75 Å². The maximum absolute atomic E-state index is 11.7. The number of amides is 2. The number of halogens is 2. The van der Waals surface area contributed by atoms with E-state index in [-0.39, 0.29) is 11.1 Å². The van der Waals surface area contributed by atoms with Gasteiger partial charge in [-0.3, -0.25) is 14.5 Å². The number of carbonyl (C=O) groups excluding carboxylic acids is 2. The highest BCUT2D eigenvalue weighted by Crippen LogP contribution is 2.36. The lowest BCUT2D eigenvalue weighted by atomic mass is 10.2. The summed E-state index contributed by atoms with van der Waals surface area (Å²) in [5.74, 6) is 0.0437. The fourth-order valence-electron chi connectivity index (χ4n) is 1.55. The van der Waals surface area contributed by atoms with Crippen LogP contribution in [0.4, 0.5) is 4.79 Å². The lowest BCUT2D eigenvalue weighted by Crippen LogP contribution is -2.22. The molecule has 0 unspecified atom stereocenters. The first-order valence-corrected chi connectivity index (χ1v) is 6.76. The maximum atomic E-state index is 11.7. The van der Waals surface area contributed by atoms with Crippen molar-refractivity contribution in [2.75, 3.05) is 14.2 Å². The summed E-state index contributed by atoms with van der Waals surface area (Å²) in [5, 5.41) is 0.385. The molecule has 0 aliphatic carbocycles. The Balaban J connectivity index is 2.40. The number of ether oxygens (including phenoxy) is 1. The molecule has 1 saturated heterocycles. The second-order valence-corrected chi connectivity index (χ2v) is 5.57. The van der Waals surface area contributed by atoms with Crippen LogP contribution in [0.2, 0.25) is 10.0 Å². The van der Waals surface area contributed by atoms with Gasteiger partial charge in [0.05, 0.1) is 22.1 Å². The van der Waals surface area contributed by atoms with Crippen LogP contribution in [0, 0.1) is 0 Å². The van der Waals surface area contributed by atoms with Crippen molar-refractivity contribution in [2.24, 2.45) is 0 Å². The molecule has 1 aliphatic heterocycles. The number of carbonyl (C=O) groups is 2. The summed E-state index contributed by atoms with van der Waals surface area (Å²) < 4.78 is 5.04. The molecule has 0 atom stereocenters. The van der Waals surface area contributed by atoms with Crippen LogP contribution in [0.3, 0.4) is 0 Å². The first kappa shape index (κ1) is 14.2. The Labute approximate surface area is 124 Å². The van der Waals surface area contributed by atoms with Crippen molar-refractivity contribution in [3.05, 3.63) is 32.6 Å². The van der Waals surface area contributed by atoms with Gasteiger partial charge < -0.3 is 4.74 Å². The Bertz CT molecular complexity index is 578. The number of hydrogen-bond acceptors (Lipinski definition) is 4. The van der Waals surface area contributed by atoms with E-state index in [1.807, 2.05) is 0 Å². The maximum Gasteiger partial charge on any atom is 0.293 e. The SMILES string of the molecule is COc1c(Cl)cc(/C=C2\SC(=O)N(C)C2=O)cc1Cl. The zero-order chi connectivity index (χ0) is 14.2. The molecule has 2 amide bonds. The molecule has 2 rings (SSSR count). The van der Waals surface area contributed by atoms with Crippen LogP contribution in [0.25, 0.3) is 6.08 Å². The van der Waals surface area contributed by atoms with Gasteiger partial charge >= 0.3 is 0 Å². The standard InChI is InChI=1S/C12H9Cl2NO3S/c1-15-11(16)9(19-12(15)17)5-6-3-7(13)10(18-2)8(14)4-6/h3-5H,1-2H3/b9-5-. The minimum Gasteiger partial charge on any atom is -0.494 e. The fourth-order valence-corrected chi connectivity index (χ4v) is 3.04. The van der Waals surface area contributed by atoms with Crippen LogP contribution in [-0.2, 0) is 4.79 Å². The van der Waals surface area contributed by atoms with Gasteiger partial charge in [-0.2, -0.15) is 0 Å². The summed E-state index contributed by atoms with van der Waals surface area (Å²) in [6.45, 7) is 0. The molecule has 19 heavy (non-hydrogen) atoms. The van der Waals surface area contributed by atoms with E-state index in [1.54, 1.807) is 18.2 Å². The van der Waals surface area contributed by atoms with E-state index >= 15 is 0 Å². The van der Waals surface area contributed by atoms with Gasteiger partial charge in [0.25, 0.3) is 11.1 Å². The van der Waals surface area contributed by atoms with E-state index in [2.05, 4.69) is 0 Å². The summed E-state index contributed by atoms with van der Waals surface area (Å²) >= 11 is 12.9. The smallest absolute Gasteiger partial charge is 0.293 e. The molecule has 0 N–H and O–H groups in total. The van der Waals surface area contributed by atoms with Crippen molar-refractivity contribution in [1.82, 2.24) is 4.90 Å². The molecule has 7 heteroatoms. The zero-order valence-electron chi connectivity index (χ0n) is 10.1.